The largest absolute Gasteiger partial charge is 0.417 e. The molecule has 0 fully saturated rings. The molecule has 0 saturated heterocycles. The van der Waals surface area contributed by atoms with E-state index in [-0.39, 0.29) is 12.1 Å². The molecule has 0 atom stereocenters. The van der Waals surface area contributed by atoms with Crippen LogP contribution in [0.5, 0.6) is 0 Å². The Morgan fingerprint density at radius 2 is 1.89 bits per heavy atom. The fourth-order valence-electron chi connectivity index (χ4n) is 3.63. The SMILES string of the molecule is CN(CCCNc1cc(-c2ccccc2Cl)nc2c(Br)cnn12)C(=O)c1ccccc1C(F)(F)F. The first-order valence-corrected chi connectivity index (χ1v) is 11.8. The van der Waals surface area contributed by atoms with E-state index in [2.05, 4.69) is 31.3 Å². The zero-order chi connectivity index (χ0) is 25.2. The predicted molar refractivity (Wildman–Crippen MR) is 133 cm³/mol. The van der Waals surface area contributed by atoms with Gasteiger partial charge in [-0.2, -0.15) is 22.8 Å². The number of alkyl halides is 3. The third-order valence-electron chi connectivity index (χ3n) is 5.36. The molecule has 2 aromatic carbocycles. The predicted octanol–water partition coefficient (Wildman–Crippen LogP) is 6.41. The lowest BCUT2D eigenvalue weighted by atomic mass is 10.1. The first-order valence-electron chi connectivity index (χ1n) is 10.6. The normalized spacial score (nSPS) is 11.6. The lowest BCUT2D eigenvalue weighted by molar-refractivity contribution is -0.138. The summed E-state index contributed by atoms with van der Waals surface area (Å²) in [4.78, 5) is 18.6. The minimum Gasteiger partial charge on any atom is -0.370 e. The summed E-state index contributed by atoms with van der Waals surface area (Å²) < 4.78 is 42.2. The van der Waals surface area contributed by atoms with Crippen molar-refractivity contribution < 1.29 is 18.0 Å². The molecule has 6 nitrogen and oxygen atoms in total. The number of hydrogen-bond acceptors (Lipinski definition) is 4. The van der Waals surface area contributed by atoms with Gasteiger partial charge < -0.3 is 10.2 Å². The third-order valence-corrected chi connectivity index (χ3v) is 6.25. The van der Waals surface area contributed by atoms with Gasteiger partial charge in [0.2, 0.25) is 0 Å². The fraction of sp³-hybridized carbons (Fsp3) is 0.208. The van der Waals surface area contributed by atoms with E-state index in [0.29, 0.717) is 39.6 Å². The van der Waals surface area contributed by atoms with Crippen molar-refractivity contribution in [2.75, 3.05) is 25.5 Å². The lowest BCUT2D eigenvalue weighted by Crippen LogP contribution is -2.30. The van der Waals surface area contributed by atoms with E-state index in [9.17, 15) is 18.0 Å². The maximum absolute atomic E-state index is 13.3. The molecule has 0 saturated carbocycles. The number of rotatable bonds is 7. The highest BCUT2D eigenvalue weighted by molar-refractivity contribution is 9.10. The third kappa shape index (κ3) is 5.43. The first-order chi connectivity index (χ1) is 16.7. The summed E-state index contributed by atoms with van der Waals surface area (Å²) in [6, 6.07) is 14.0. The number of fused-ring (bicyclic) bond motifs is 1. The highest BCUT2D eigenvalue weighted by Gasteiger charge is 2.35. The average Bonchev–Trinajstić information content (AvgIpc) is 3.21. The Bertz CT molecular complexity index is 1380. The van der Waals surface area contributed by atoms with Crippen LogP contribution in [0.15, 0.2) is 65.3 Å². The number of aromatic nitrogens is 3. The molecule has 4 aromatic rings. The number of amides is 1. The second kappa shape index (κ2) is 10.2. The number of carbonyl (C=O) groups excluding carboxylic acids is 1. The van der Waals surface area contributed by atoms with E-state index >= 15 is 0 Å². The van der Waals surface area contributed by atoms with Crippen LogP contribution in [0, 0.1) is 0 Å². The van der Waals surface area contributed by atoms with Crippen LogP contribution in [0.3, 0.4) is 0 Å². The van der Waals surface area contributed by atoms with Crippen LogP contribution in [0.25, 0.3) is 16.9 Å². The van der Waals surface area contributed by atoms with Crippen LogP contribution in [-0.4, -0.2) is 45.5 Å². The van der Waals surface area contributed by atoms with Gasteiger partial charge in [-0.3, -0.25) is 4.79 Å². The summed E-state index contributed by atoms with van der Waals surface area (Å²) in [5.74, 6) is -0.0201. The smallest absolute Gasteiger partial charge is 0.370 e. The fourth-order valence-corrected chi connectivity index (χ4v) is 4.21. The van der Waals surface area contributed by atoms with E-state index in [1.54, 1.807) is 16.8 Å². The van der Waals surface area contributed by atoms with Crippen LogP contribution in [0.1, 0.15) is 22.3 Å². The maximum Gasteiger partial charge on any atom is 0.417 e. The molecule has 0 spiro atoms. The average molecular weight is 567 g/mol. The van der Waals surface area contributed by atoms with Crippen LogP contribution >= 0.6 is 27.5 Å². The van der Waals surface area contributed by atoms with Gasteiger partial charge >= 0.3 is 6.18 Å². The van der Waals surface area contributed by atoms with Crippen LogP contribution < -0.4 is 5.32 Å². The lowest BCUT2D eigenvalue weighted by Gasteiger charge is -2.20. The van der Waals surface area contributed by atoms with Crippen molar-refractivity contribution in [1.29, 1.82) is 0 Å². The van der Waals surface area contributed by atoms with Gasteiger partial charge in [0, 0.05) is 36.8 Å². The zero-order valence-electron chi connectivity index (χ0n) is 18.5. The quantitative estimate of drug-likeness (QED) is 0.263. The summed E-state index contributed by atoms with van der Waals surface area (Å²) in [6.45, 7) is 0.698. The van der Waals surface area contributed by atoms with Crippen molar-refractivity contribution in [2.24, 2.45) is 0 Å². The van der Waals surface area contributed by atoms with Crippen molar-refractivity contribution in [1.82, 2.24) is 19.5 Å². The molecule has 0 aliphatic carbocycles. The summed E-state index contributed by atoms with van der Waals surface area (Å²) in [5, 5.41) is 8.17. The summed E-state index contributed by atoms with van der Waals surface area (Å²) >= 11 is 9.81. The molecule has 0 bridgehead atoms. The summed E-state index contributed by atoms with van der Waals surface area (Å²) in [7, 11) is 1.49. The number of carbonyl (C=O) groups is 1. The van der Waals surface area contributed by atoms with Crippen molar-refractivity contribution >= 4 is 44.9 Å². The Labute approximate surface area is 212 Å². The Kier molecular flexibility index (Phi) is 7.32. The van der Waals surface area contributed by atoms with E-state index in [1.165, 1.54) is 30.1 Å². The van der Waals surface area contributed by atoms with Crippen molar-refractivity contribution in [3.8, 4) is 11.3 Å². The van der Waals surface area contributed by atoms with Crippen molar-refractivity contribution in [3.05, 3.63) is 81.4 Å². The molecule has 0 unspecified atom stereocenters. The number of halogens is 5. The summed E-state index contributed by atoms with van der Waals surface area (Å²) in [6.07, 6.45) is -2.47. The molecule has 1 N–H and O–H groups in total. The molecule has 35 heavy (non-hydrogen) atoms. The molecule has 182 valence electrons. The van der Waals surface area contributed by atoms with Crippen LogP contribution in [0.4, 0.5) is 19.0 Å². The number of benzene rings is 2. The van der Waals surface area contributed by atoms with Crippen molar-refractivity contribution in [2.45, 2.75) is 12.6 Å². The number of anilines is 1. The minimum atomic E-state index is -4.60. The van der Waals surface area contributed by atoms with Gasteiger partial charge in [-0.25, -0.2) is 4.98 Å². The molecule has 0 aliphatic heterocycles. The second-order valence-electron chi connectivity index (χ2n) is 7.78. The minimum absolute atomic E-state index is 0.256. The van der Waals surface area contributed by atoms with Gasteiger partial charge in [0.05, 0.1) is 27.5 Å². The maximum atomic E-state index is 13.3. The second-order valence-corrected chi connectivity index (χ2v) is 9.05. The van der Waals surface area contributed by atoms with E-state index < -0.39 is 17.6 Å². The number of nitrogens with zero attached hydrogens (tertiary/aromatic N) is 4. The molecule has 0 aliphatic rings. The molecule has 11 heteroatoms. The number of hydrogen-bond donors (Lipinski definition) is 1. The molecular formula is C24H20BrClF3N5O. The Morgan fingerprint density at radius 1 is 1.17 bits per heavy atom. The van der Waals surface area contributed by atoms with E-state index in [0.717, 1.165) is 11.6 Å². The van der Waals surface area contributed by atoms with Gasteiger partial charge in [-0.05, 0) is 40.5 Å². The van der Waals surface area contributed by atoms with Gasteiger partial charge in [-0.15, -0.1) is 0 Å². The van der Waals surface area contributed by atoms with Gasteiger partial charge in [0.1, 0.15) is 5.82 Å². The molecule has 1 amide bonds. The molecular weight excluding hydrogens is 547 g/mol. The van der Waals surface area contributed by atoms with E-state index in [1.807, 2.05) is 24.3 Å². The Morgan fingerprint density at radius 3 is 2.63 bits per heavy atom. The van der Waals surface area contributed by atoms with Gasteiger partial charge in [-0.1, -0.05) is 41.9 Å². The monoisotopic (exact) mass is 565 g/mol. The molecule has 4 rings (SSSR count). The van der Waals surface area contributed by atoms with Crippen LogP contribution in [0.2, 0.25) is 5.02 Å². The molecule has 0 radical (unpaired) electrons. The first kappa shape index (κ1) is 25.0. The molecule has 2 aromatic heterocycles. The Hall–Kier alpha value is -3.11. The van der Waals surface area contributed by atoms with Gasteiger partial charge in [0.25, 0.3) is 5.91 Å². The van der Waals surface area contributed by atoms with E-state index in [4.69, 9.17) is 11.6 Å². The Balaban J connectivity index is 1.46. The topological polar surface area (TPSA) is 62.5 Å². The molecule has 2 heterocycles. The summed E-state index contributed by atoms with van der Waals surface area (Å²) in [5.41, 5.74) is 0.716. The number of nitrogens with one attached hydrogen (secondary N) is 1. The standard InChI is InChI=1S/C24H20BrClF3N5O/c1-33(23(35)15-7-2-4-9-17(15)24(27,28)29)12-6-11-30-21-13-20(16-8-3-5-10-19(16)26)32-22-18(25)14-31-34(21)22/h2-5,7-10,13-14,30H,6,11-12H2,1H3. The zero-order valence-corrected chi connectivity index (χ0v) is 20.8. The highest BCUT2D eigenvalue weighted by atomic mass is 79.9. The van der Waals surface area contributed by atoms with Gasteiger partial charge in [0.15, 0.2) is 5.65 Å². The van der Waals surface area contributed by atoms with Crippen molar-refractivity contribution in [3.63, 3.8) is 0 Å². The highest BCUT2D eigenvalue weighted by Crippen LogP contribution is 2.32. The van der Waals surface area contributed by atoms with Crippen LogP contribution in [-0.2, 0) is 6.18 Å².